The van der Waals surface area contributed by atoms with Crippen LogP contribution in [0.2, 0.25) is 0 Å². The summed E-state index contributed by atoms with van der Waals surface area (Å²) in [7, 11) is 0. The molecule has 0 unspecified atom stereocenters. The fourth-order valence-electron chi connectivity index (χ4n) is 1.29. The van der Waals surface area contributed by atoms with Crippen molar-refractivity contribution in [1.29, 1.82) is 0 Å². The molecule has 0 atom stereocenters. The lowest BCUT2D eigenvalue weighted by atomic mass is 9.85. The van der Waals surface area contributed by atoms with Crippen LogP contribution in [0.1, 0.15) is 19.3 Å². The molecule has 5 heteroatoms. The highest BCUT2D eigenvalue weighted by atomic mass is 16.2. The molecule has 2 rings (SSSR count). The number of H-pyrrole nitrogens is 1. The van der Waals surface area contributed by atoms with Crippen molar-refractivity contribution in [1.82, 2.24) is 10.2 Å². The minimum Gasteiger partial charge on any atom is -0.394 e. The Balaban J connectivity index is 1.97. The van der Waals surface area contributed by atoms with E-state index < -0.39 is 0 Å². The van der Waals surface area contributed by atoms with Gasteiger partial charge in [0.05, 0.1) is 11.9 Å². The molecular weight excluding hydrogens is 168 g/mol. The molecule has 1 aromatic heterocycles. The quantitative estimate of drug-likeness (QED) is 0.627. The highest BCUT2D eigenvalue weighted by molar-refractivity contribution is 5.94. The molecule has 0 aromatic carbocycles. The van der Waals surface area contributed by atoms with E-state index in [-0.39, 0.29) is 11.8 Å². The van der Waals surface area contributed by atoms with E-state index in [1.807, 2.05) is 0 Å². The number of aromatic amines is 1. The van der Waals surface area contributed by atoms with Gasteiger partial charge in [0, 0.05) is 5.92 Å². The third-order valence-electron chi connectivity index (χ3n) is 2.39. The van der Waals surface area contributed by atoms with Gasteiger partial charge in [-0.25, -0.2) is 0 Å². The number of nitrogens with two attached hydrogens (primary N) is 1. The Morgan fingerprint density at radius 1 is 1.69 bits per heavy atom. The summed E-state index contributed by atoms with van der Waals surface area (Å²) >= 11 is 0. The molecule has 70 valence electrons. The molecule has 1 fully saturated rings. The normalized spacial score (nSPS) is 16.6. The van der Waals surface area contributed by atoms with Crippen molar-refractivity contribution in [2.75, 3.05) is 11.1 Å². The minimum atomic E-state index is 0.0437. The van der Waals surface area contributed by atoms with Crippen molar-refractivity contribution in [2.24, 2.45) is 5.92 Å². The Labute approximate surface area is 75.7 Å². The molecule has 5 nitrogen and oxygen atoms in total. The van der Waals surface area contributed by atoms with E-state index in [0.29, 0.717) is 11.5 Å². The van der Waals surface area contributed by atoms with Gasteiger partial charge in [0.1, 0.15) is 0 Å². The molecule has 0 spiro atoms. The van der Waals surface area contributed by atoms with Gasteiger partial charge in [-0.05, 0) is 12.8 Å². The maximum absolute atomic E-state index is 11.4. The van der Waals surface area contributed by atoms with Gasteiger partial charge in [0.25, 0.3) is 0 Å². The molecule has 1 aromatic rings. The number of hydrogen-bond acceptors (Lipinski definition) is 3. The molecular formula is C8H12N4O. The van der Waals surface area contributed by atoms with Crippen molar-refractivity contribution >= 4 is 17.4 Å². The van der Waals surface area contributed by atoms with Crippen molar-refractivity contribution < 1.29 is 4.79 Å². The van der Waals surface area contributed by atoms with Gasteiger partial charge in [-0.15, -0.1) is 0 Å². The van der Waals surface area contributed by atoms with Crippen molar-refractivity contribution in [3.8, 4) is 0 Å². The van der Waals surface area contributed by atoms with Crippen LogP contribution in [0.5, 0.6) is 0 Å². The largest absolute Gasteiger partial charge is 0.394 e. The number of nitrogens with zero attached hydrogens (tertiary/aromatic N) is 1. The first-order chi connectivity index (χ1) is 6.27. The Hall–Kier alpha value is -1.52. The third-order valence-corrected chi connectivity index (χ3v) is 2.39. The summed E-state index contributed by atoms with van der Waals surface area (Å²) in [4.78, 5) is 11.4. The highest BCUT2D eigenvalue weighted by Crippen LogP contribution is 2.27. The van der Waals surface area contributed by atoms with Gasteiger partial charge >= 0.3 is 0 Å². The van der Waals surface area contributed by atoms with Crippen LogP contribution in [-0.2, 0) is 4.79 Å². The van der Waals surface area contributed by atoms with Crippen LogP contribution >= 0.6 is 0 Å². The lowest BCUT2D eigenvalue weighted by Gasteiger charge is -2.23. The number of amides is 1. The summed E-state index contributed by atoms with van der Waals surface area (Å²) in [5.41, 5.74) is 6.02. The molecule has 4 N–H and O–H groups in total. The van der Waals surface area contributed by atoms with E-state index in [2.05, 4.69) is 15.5 Å². The molecule has 0 bridgehead atoms. The van der Waals surface area contributed by atoms with E-state index in [0.717, 1.165) is 19.3 Å². The molecule has 13 heavy (non-hydrogen) atoms. The number of anilines is 2. The average Bonchev–Trinajstić information content (AvgIpc) is 2.32. The minimum absolute atomic E-state index is 0.0437. The second-order valence-electron chi connectivity index (χ2n) is 3.32. The molecule has 1 heterocycles. The lowest BCUT2D eigenvalue weighted by molar-refractivity contribution is -0.122. The number of nitrogens with one attached hydrogen (secondary N) is 2. The molecule has 0 aliphatic heterocycles. The van der Waals surface area contributed by atoms with Crippen molar-refractivity contribution in [3.63, 3.8) is 0 Å². The maximum Gasteiger partial charge on any atom is 0.228 e. The van der Waals surface area contributed by atoms with Gasteiger partial charge in [0.15, 0.2) is 5.82 Å². The van der Waals surface area contributed by atoms with E-state index in [4.69, 9.17) is 5.73 Å². The van der Waals surface area contributed by atoms with Gasteiger partial charge in [0.2, 0.25) is 5.91 Å². The van der Waals surface area contributed by atoms with Crippen LogP contribution in [0.3, 0.4) is 0 Å². The summed E-state index contributed by atoms with van der Waals surface area (Å²) in [6, 6.07) is 0. The van der Waals surface area contributed by atoms with E-state index in [1.54, 1.807) is 0 Å². The van der Waals surface area contributed by atoms with Crippen LogP contribution in [0, 0.1) is 5.92 Å². The maximum atomic E-state index is 11.4. The van der Waals surface area contributed by atoms with Gasteiger partial charge in [-0.3, -0.25) is 9.89 Å². The molecule has 1 aliphatic rings. The number of nitrogen functional groups attached to an aromatic ring is 1. The zero-order chi connectivity index (χ0) is 9.26. The Bertz CT molecular complexity index is 316. The number of rotatable bonds is 2. The predicted octanol–water partition coefficient (Wildman–Crippen LogP) is 0.730. The summed E-state index contributed by atoms with van der Waals surface area (Å²) < 4.78 is 0. The number of carbonyl (C=O) groups is 1. The number of carbonyl (C=O) groups excluding carboxylic acids is 1. The van der Waals surface area contributed by atoms with Gasteiger partial charge in [-0.2, -0.15) is 5.10 Å². The topological polar surface area (TPSA) is 83.8 Å². The molecule has 0 radical (unpaired) electrons. The van der Waals surface area contributed by atoms with Gasteiger partial charge in [-0.1, -0.05) is 6.42 Å². The highest BCUT2D eigenvalue weighted by Gasteiger charge is 2.25. The van der Waals surface area contributed by atoms with Crippen molar-refractivity contribution in [2.45, 2.75) is 19.3 Å². The van der Waals surface area contributed by atoms with Gasteiger partial charge < -0.3 is 11.1 Å². The smallest absolute Gasteiger partial charge is 0.228 e. The zero-order valence-electron chi connectivity index (χ0n) is 7.21. The zero-order valence-corrected chi connectivity index (χ0v) is 7.21. The molecule has 0 saturated heterocycles. The summed E-state index contributed by atoms with van der Waals surface area (Å²) in [5, 5.41) is 9.06. The standard InChI is InChI=1S/C8H12N4O/c9-6-4-10-12-7(6)11-8(13)5-2-1-3-5/h4-5H,1-3,9H2,(H2,10,11,12,13). The fraction of sp³-hybridized carbons (Fsp3) is 0.500. The van der Waals surface area contributed by atoms with Crippen LogP contribution in [0.25, 0.3) is 0 Å². The average molecular weight is 180 g/mol. The fourth-order valence-corrected chi connectivity index (χ4v) is 1.29. The third kappa shape index (κ3) is 1.49. The second kappa shape index (κ2) is 3.08. The lowest BCUT2D eigenvalue weighted by Crippen LogP contribution is -2.28. The van der Waals surface area contributed by atoms with E-state index >= 15 is 0 Å². The van der Waals surface area contributed by atoms with Crippen molar-refractivity contribution in [3.05, 3.63) is 6.20 Å². The summed E-state index contributed by atoms with van der Waals surface area (Å²) in [6.45, 7) is 0. The van der Waals surface area contributed by atoms with E-state index in [1.165, 1.54) is 6.20 Å². The second-order valence-corrected chi connectivity index (χ2v) is 3.32. The summed E-state index contributed by atoms with van der Waals surface area (Å²) in [6.07, 6.45) is 4.60. The summed E-state index contributed by atoms with van der Waals surface area (Å²) in [5.74, 6) is 0.724. The van der Waals surface area contributed by atoms with Crippen LogP contribution in [0.4, 0.5) is 11.5 Å². The Morgan fingerprint density at radius 2 is 2.46 bits per heavy atom. The molecule has 1 amide bonds. The first kappa shape index (κ1) is 8.10. The SMILES string of the molecule is Nc1cn[nH]c1NC(=O)C1CCC1. The molecule has 1 saturated carbocycles. The monoisotopic (exact) mass is 180 g/mol. The Kier molecular flexibility index (Phi) is 1.92. The Morgan fingerprint density at radius 3 is 2.92 bits per heavy atom. The number of aromatic nitrogens is 2. The number of hydrogen-bond donors (Lipinski definition) is 3. The van der Waals surface area contributed by atoms with Crippen LogP contribution in [-0.4, -0.2) is 16.1 Å². The van der Waals surface area contributed by atoms with Crippen LogP contribution in [0.15, 0.2) is 6.20 Å². The molecule has 1 aliphatic carbocycles. The first-order valence-electron chi connectivity index (χ1n) is 4.37. The predicted molar refractivity (Wildman–Crippen MR) is 49.0 cm³/mol. The van der Waals surface area contributed by atoms with E-state index in [9.17, 15) is 4.79 Å². The first-order valence-corrected chi connectivity index (χ1v) is 4.37. The van der Waals surface area contributed by atoms with Crippen LogP contribution < -0.4 is 11.1 Å².